The molecular weight excluding hydrogens is 269 g/mol. The zero-order valence-electron chi connectivity index (χ0n) is 12.5. The van der Waals surface area contributed by atoms with E-state index >= 15 is 0 Å². The number of halogens is 1. The van der Waals surface area contributed by atoms with Crippen molar-refractivity contribution in [3.8, 4) is 11.5 Å². The molecule has 0 aliphatic heterocycles. The minimum atomic E-state index is -0.524. The van der Waals surface area contributed by atoms with Crippen LogP contribution in [0.5, 0.6) is 11.5 Å². The molecule has 0 radical (unpaired) electrons. The topological polar surface area (TPSA) is 44.5 Å². The lowest BCUT2D eigenvalue weighted by Crippen LogP contribution is -2.14. The molecule has 3 nitrogen and oxygen atoms in total. The quantitative estimate of drug-likeness (QED) is 0.913. The molecule has 0 aliphatic rings. The average Bonchev–Trinajstić information content (AvgIpc) is 2.46. The maximum absolute atomic E-state index is 14.0. The first kappa shape index (κ1) is 15.3. The first-order chi connectivity index (χ1) is 10.0. The second kappa shape index (κ2) is 6.59. The minimum absolute atomic E-state index is 0.114. The molecule has 0 aliphatic carbocycles. The van der Waals surface area contributed by atoms with Gasteiger partial charge in [0.2, 0.25) is 0 Å². The van der Waals surface area contributed by atoms with Crippen molar-refractivity contribution in [1.29, 1.82) is 0 Å². The van der Waals surface area contributed by atoms with Gasteiger partial charge in [0.25, 0.3) is 0 Å². The van der Waals surface area contributed by atoms with E-state index < -0.39 is 6.04 Å². The molecule has 2 aromatic rings. The van der Waals surface area contributed by atoms with Crippen molar-refractivity contribution >= 4 is 0 Å². The van der Waals surface area contributed by atoms with Gasteiger partial charge in [-0.05, 0) is 37.6 Å². The second-order valence-corrected chi connectivity index (χ2v) is 5.10. The third kappa shape index (κ3) is 3.73. The fourth-order valence-corrected chi connectivity index (χ4v) is 2.09. The van der Waals surface area contributed by atoms with Crippen molar-refractivity contribution in [2.45, 2.75) is 26.0 Å². The van der Waals surface area contributed by atoms with E-state index in [9.17, 15) is 4.39 Å². The number of nitrogens with two attached hydrogens (primary N) is 1. The van der Waals surface area contributed by atoms with Crippen LogP contribution in [0.3, 0.4) is 0 Å². The fourth-order valence-electron chi connectivity index (χ4n) is 2.09. The highest BCUT2D eigenvalue weighted by Gasteiger charge is 2.14. The number of methoxy groups -OCH3 is 1. The van der Waals surface area contributed by atoms with Gasteiger partial charge in [0.15, 0.2) is 0 Å². The summed E-state index contributed by atoms with van der Waals surface area (Å²) >= 11 is 0. The third-order valence-electron chi connectivity index (χ3n) is 3.15. The van der Waals surface area contributed by atoms with Crippen molar-refractivity contribution in [1.82, 2.24) is 0 Å². The number of hydrogen-bond donors (Lipinski definition) is 1. The molecule has 0 aromatic heterocycles. The van der Waals surface area contributed by atoms with Gasteiger partial charge in [-0.2, -0.15) is 0 Å². The van der Waals surface area contributed by atoms with Crippen LogP contribution in [0.4, 0.5) is 4.39 Å². The molecule has 1 atom stereocenters. The zero-order valence-corrected chi connectivity index (χ0v) is 12.5. The van der Waals surface area contributed by atoms with E-state index in [4.69, 9.17) is 15.2 Å². The van der Waals surface area contributed by atoms with E-state index in [2.05, 4.69) is 0 Å². The molecule has 2 rings (SSSR count). The van der Waals surface area contributed by atoms with Gasteiger partial charge in [-0.3, -0.25) is 0 Å². The molecule has 21 heavy (non-hydrogen) atoms. The Morgan fingerprint density at radius 2 is 1.62 bits per heavy atom. The van der Waals surface area contributed by atoms with E-state index in [0.29, 0.717) is 11.3 Å². The molecule has 2 N–H and O–H groups in total. The van der Waals surface area contributed by atoms with Crippen molar-refractivity contribution in [2.24, 2.45) is 5.73 Å². The van der Waals surface area contributed by atoms with Gasteiger partial charge in [-0.25, -0.2) is 4.39 Å². The van der Waals surface area contributed by atoms with Gasteiger partial charge in [-0.1, -0.05) is 18.2 Å². The summed E-state index contributed by atoms with van der Waals surface area (Å²) in [6.07, 6.45) is 0.114. The summed E-state index contributed by atoms with van der Waals surface area (Å²) in [6, 6.07) is 11.6. The summed E-state index contributed by atoms with van der Waals surface area (Å²) in [5.74, 6) is 0.879. The fraction of sp³-hybridized carbons (Fsp3) is 0.294. The smallest absolute Gasteiger partial charge is 0.132 e. The third-order valence-corrected chi connectivity index (χ3v) is 3.15. The molecule has 0 heterocycles. The van der Waals surface area contributed by atoms with Gasteiger partial charge in [0.05, 0.1) is 19.3 Å². The standard InChI is InChI=1S/C17H20FNO2/c1-11(2)21-13-6-4-12(5-7-13)17(19)15-9-8-14(20-3)10-16(15)18/h4-11,17H,19H2,1-3H3. The van der Waals surface area contributed by atoms with Crippen molar-refractivity contribution in [3.63, 3.8) is 0 Å². The Morgan fingerprint density at radius 3 is 2.14 bits per heavy atom. The van der Waals surface area contributed by atoms with Crippen LogP contribution in [0.15, 0.2) is 42.5 Å². The average molecular weight is 289 g/mol. The highest BCUT2D eigenvalue weighted by Crippen LogP contribution is 2.26. The molecule has 0 bridgehead atoms. The maximum atomic E-state index is 14.0. The Labute approximate surface area is 124 Å². The van der Waals surface area contributed by atoms with Gasteiger partial charge in [0.1, 0.15) is 17.3 Å². The van der Waals surface area contributed by atoms with E-state index in [1.54, 1.807) is 12.1 Å². The highest BCUT2D eigenvalue weighted by atomic mass is 19.1. The molecule has 0 saturated heterocycles. The number of rotatable bonds is 5. The molecule has 0 amide bonds. The number of hydrogen-bond acceptors (Lipinski definition) is 3. The summed E-state index contributed by atoms with van der Waals surface area (Å²) in [7, 11) is 1.50. The molecule has 4 heteroatoms. The van der Waals surface area contributed by atoms with Crippen LogP contribution < -0.4 is 15.2 Å². The summed E-state index contributed by atoms with van der Waals surface area (Å²) in [6.45, 7) is 3.93. The number of ether oxygens (including phenoxy) is 2. The van der Waals surface area contributed by atoms with E-state index in [-0.39, 0.29) is 11.9 Å². The monoisotopic (exact) mass is 289 g/mol. The lowest BCUT2D eigenvalue weighted by molar-refractivity contribution is 0.242. The van der Waals surface area contributed by atoms with Crippen LogP contribution >= 0.6 is 0 Å². The minimum Gasteiger partial charge on any atom is -0.497 e. The molecule has 2 aromatic carbocycles. The summed E-state index contributed by atoms with van der Waals surface area (Å²) in [5.41, 5.74) is 7.41. The Balaban J connectivity index is 2.21. The zero-order chi connectivity index (χ0) is 15.4. The molecule has 1 unspecified atom stereocenters. The highest BCUT2D eigenvalue weighted by molar-refractivity contribution is 5.38. The van der Waals surface area contributed by atoms with Crippen LogP contribution in [0.25, 0.3) is 0 Å². The van der Waals surface area contributed by atoms with Crippen LogP contribution in [0.1, 0.15) is 31.0 Å². The second-order valence-electron chi connectivity index (χ2n) is 5.10. The van der Waals surface area contributed by atoms with Crippen LogP contribution in [0, 0.1) is 5.82 Å². The summed E-state index contributed by atoms with van der Waals surface area (Å²) in [5, 5.41) is 0. The van der Waals surface area contributed by atoms with Crippen molar-refractivity contribution in [3.05, 3.63) is 59.4 Å². The predicted octanol–water partition coefficient (Wildman–Crippen LogP) is 3.67. The summed E-state index contributed by atoms with van der Waals surface area (Å²) < 4.78 is 24.6. The first-order valence-electron chi connectivity index (χ1n) is 6.87. The lowest BCUT2D eigenvalue weighted by Gasteiger charge is -2.15. The Morgan fingerprint density at radius 1 is 1.00 bits per heavy atom. The largest absolute Gasteiger partial charge is 0.497 e. The van der Waals surface area contributed by atoms with Gasteiger partial charge >= 0.3 is 0 Å². The van der Waals surface area contributed by atoms with E-state index in [1.807, 2.05) is 38.1 Å². The Bertz CT molecular complexity index is 596. The molecule has 0 saturated carbocycles. The molecule has 0 fully saturated rings. The van der Waals surface area contributed by atoms with Crippen LogP contribution in [-0.2, 0) is 0 Å². The van der Waals surface area contributed by atoms with Crippen molar-refractivity contribution in [2.75, 3.05) is 7.11 Å². The number of benzene rings is 2. The Kier molecular flexibility index (Phi) is 4.81. The predicted molar refractivity (Wildman–Crippen MR) is 81.2 cm³/mol. The van der Waals surface area contributed by atoms with E-state index in [1.165, 1.54) is 13.2 Å². The first-order valence-corrected chi connectivity index (χ1v) is 6.87. The molecule has 0 spiro atoms. The van der Waals surface area contributed by atoms with Gasteiger partial charge < -0.3 is 15.2 Å². The van der Waals surface area contributed by atoms with Crippen LogP contribution in [0.2, 0.25) is 0 Å². The van der Waals surface area contributed by atoms with Gasteiger partial charge in [0, 0.05) is 11.6 Å². The maximum Gasteiger partial charge on any atom is 0.132 e. The van der Waals surface area contributed by atoms with E-state index in [0.717, 1.165) is 11.3 Å². The Hall–Kier alpha value is -2.07. The lowest BCUT2D eigenvalue weighted by atomic mass is 9.99. The molecular formula is C17H20FNO2. The van der Waals surface area contributed by atoms with Crippen LogP contribution in [-0.4, -0.2) is 13.2 Å². The van der Waals surface area contributed by atoms with Crippen molar-refractivity contribution < 1.29 is 13.9 Å². The SMILES string of the molecule is COc1ccc(C(N)c2ccc(OC(C)C)cc2)c(F)c1. The summed E-state index contributed by atoms with van der Waals surface area (Å²) in [4.78, 5) is 0. The van der Waals surface area contributed by atoms with Gasteiger partial charge in [-0.15, -0.1) is 0 Å². The molecule has 112 valence electrons. The normalized spacial score (nSPS) is 12.3.